The predicted octanol–water partition coefficient (Wildman–Crippen LogP) is 6.23. The number of rotatable bonds is 13. The molecule has 0 aliphatic heterocycles. The van der Waals surface area contributed by atoms with Gasteiger partial charge in [0.2, 0.25) is 0 Å². The van der Waals surface area contributed by atoms with Crippen molar-refractivity contribution < 1.29 is 43.2 Å². The van der Waals surface area contributed by atoms with Crippen molar-refractivity contribution in [3.05, 3.63) is 23.8 Å². The Morgan fingerprint density at radius 2 is 1.37 bits per heavy atom. The van der Waals surface area contributed by atoms with Crippen LogP contribution in [-0.4, -0.2) is 47.4 Å². The summed E-state index contributed by atoms with van der Waals surface area (Å²) in [7, 11) is 0. The first-order chi connectivity index (χ1) is 18.7. The lowest BCUT2D eigenvalue weighted by Gasteiger charge is -2.32. The molecule has 4 unspecified atom stereocenters. The molecule has 1 rings (SSSR count). The Labute approximate surface area is 244 Å². The standard InChI is InChI=1S/C31H49NO9/c1-11-12-18(2)38-29(37)39-20(4)19(3)26(27(32)28(35)36)21-13-14-22(40-24(33)16-30(5,6)7)23(15-21)41-25(34)17-31(8,9)10/h13-15,18-20,26-27H,11-12,16-17,32H2,1-10H3,(H,35,36)/t18?,19?,20?,26?,27-/m0/s1. The Morgan fingerprint density at radius 1 is 0.854 bits per heavy atom. The summed E-state index contributed by atoms with van der Waals surface area (Å²) in [4.78, 5) is 49.7. The average Bonchev–Trinajstić information content (AvgIpc) is 2.77. The zero-order valence-corrected chi connectivity index (χ0v) is 26.2. The summed E-state index contributed by atoms with van der Waals surface area (Å²) in [5, 5.41) is 9.82. The Kier molecular flexibility index (Phi) is 13.3. The highest BCUT2D eigenvalue weighted by molar-refractivity contribution is 5.78. The molecule has 232 valence electrons. The summed E-state index contributed by atoms with van der Waals surface area (Å²) in [5.74, 6) is -3.79. The van der Waals surface area contributed by atoms with Gasteiger partial charge in [0.05, 0.1) is 12.8 Å². The number of benzene rings is 1. The molecule has 0 aliphatic carbocycles. The zero-order valence-electron chi connectivity index (χ0n) is 26.2. The van der Waals surface area contributed by atoms with Gasteiger partial charge in [0.25, 0.3) is 0 Å². The molecule has 0 heterocycles. The molecule has 0 saturated heterocycles. The van der Waals surface area contributed by atoms with Gasteiger partial charge in [0.1, 0.15) is 18.2 Å². The van der Waals surface area contributed by atoms with Crippen LogP contribution in [-0.2, 0) is 23.9 Å². The maximum Gasteiger partial charge on any atom is 0.508 e. The van der Waals surface area contributed by atoms with Crippen LogP contribution in [0.25, 0.3) is 0 Å². The minimum atomic E-state index is -1.39. The lowest BCUT2D eigenvalue weighted by atomic mass is 9.79. The molecular formula is C31H49NO9. The van der Waals surface area contributed by atoms with E-state index in [1.54, 1.807) is 26.8 Å². The van der Waals surface area contributed by atoms with Crippen molar-refractivity contribution in [2.75, 3.05) is 0 Å². The molecule has 41 heavy (non-hydrogen) atoms. The van der Waals surface area contributed by atoms with Gasteiger partial charge in [0.15, 0.2) is 11.5 Å². The fourth-order valence-electron chi connectivity index (χ4n) is 4.28. The second-order valence-electron chi connectivity index (χ2n) is 13.2. The van der Waals surface area contributed by atoms with E-state index in [0.717, 1.165) is 6.42 Å². The molecule has 0 bridgehead atoms. The van der Waals surface area contributed by atoms with Crippen LogP contribution in [0.1, 0.15) is 106 Å². The van der Waals surface area contributed by atoms with Gasteiger partial charge in [-0.15, -0.1) is 0 Å². The Balaban J connectivity index is 3.44. The normalized spacial score (nSPS) is 15.6. The second kappa shape index (κ2) is 15.2. The lowest BCUT2D eigenvalue weighted by Crippen LogP contribution is -2.42. The van der Waals surface area contributed by atoms with Gasteiger partial charge in [-0.1, -0.05) is 67.9 Å². The maximum atomic E-state index is 12.8. The van der Waals surface area contributed by atoms with Crippen molar-refractivity contribution in [3.8, 4) is 11.5 Å². The van der Waals surface area contributed by atoms with E-state index in [1.807, 2.05) is 48.5 Å². The number of carboxylic acids is 1. The summed E-state index contributed by atoms with van der Waals surface area (Å²) in [6.45, 7) is 18.4. The lowest BCUT2D eigenvalue weighted by molar-refractivity contribution is -0.140. The monoisotopic (exact) mass is 579 g/mol. The summed E-state index contributed by atoms with van der Waals surface area (Å²) in [6.07, 6.45) is -0.241. The largest absolute Gasteiger partial charge is 0.508 e. The van der Waals surface area contributed by atoms with E-state index in [4.69, 9.17) is 24.7 Å². The number of hydrogen-bond donors (Lipinski definition) is 2. The van der Waals surface area contributed by atoms with Gasteiger partial charge in [0, 0.05) is 11.8 Å². The van der Waals surface area contributed by atoms with Crippen LogP contribution in [0.3, 0.4) is 0 Å². The number of hydrogen-bond acceptors (Lipinski definition) is 9. The molecule has 0 radical (unpaired) electrons. The van der Waals surface area contributed by atoms with Gasteiger partial charge >= 0.3 is 24.1 Å². The smallest absolute Gasteiger partial charge is 0.480 e. The van der Waals surface area contributed by atoms with E-state index in [1.165, 1.54) is 12.1 Å². The molecule has 0 aliphatic rings. The van der Waals surface area contributed by atoms with Crippen LogP contribution in [0.5, 0.6) is 11.5 Å². The fourth-order valence-corrected chi connectivity index (χ4v) is 4.28. The van der Waals surface area contributed by atoms with E-state index in [0.29, 0.717) is 12.0 Å². The molecule has 0 aromatic heterocycles. The molecule has 3 N–H and O–H groups in total. The Hall–Kier alpha value is -3.14. The summed E-state index contributed by atoms with van der Waals surface area (Å²) >= 11 is 0. The van der Waals surface area contributed by atoms with Crippen LogP contribution in [0.4, 0.5) is 4.79 Å². The van der Waals surface area contributed by atoms with Crippen LogP contribution < -0.4 is 15.2 Å². The molecule has 10 heteroatoms. The zero-order chi connectivity index (χ0) is 31.7. The third-order valence-electron chi connectivity index (χ3n) is 6.40. The second-order valence-corrected chi connectivity index (χ2v) is 13.2. The molecule has 0 fully saturated rings. The van der Waals surface area contributed by atoms with Crippen LogP contribution in [0.15, 0.2) is 18.2 Å². The third kappa shape index (κ3) is 12.9. The summed E-state index contributed by atoms with van der Waals surface area (Å²) < 4.78 is 22.0. The molecule has 0 saturated carbocycles. The molecule has 5 atom stereocenters. The quantitative estimate of drug-likeness (QED) is 0.203. The minimum absolute atomic E-state index is 0.0262. The number of carbonyl (C=O) groups excluding carboxylic acids is 3. The SMILES string of the molecule is CCCC(C)OC(=O)OC(C)C(C)C(c1ccc(OC(=O)CC(C)(C)C)c(OC(=O)CC(C)(C)C)c1)[C@H](N)C(=O)O. The topological polar surface area (TPSA) is 151 Å². The van der Waals surface area contributed by atoms with Crippen molar-refractivity contribution in [2.24, 2.45) is 22.5 Å². The number of esters is 2. The highest BCUT2D eigenvalue weighted by Gasteiger charge is 2.36. The number of ether oxygens (including phenoxy) is 4. The first-order valence-corrected chi connectivity index (χ1v) is 14.1. The summed E-state index contributed by atoms with van der Waals surface area (Å²) in [6, 6.07) is 3.09. The fraction of sp³-hybridized carbons (Fsp3) is 0.677. The van der Waals surface area contributed by atoms with Crippen molar-refractivity contribution in [1.82, 2.24) is 0 Å². The molecule has 10 nitrogen and oxygen atoms in total. The van der Waals surface area contributed by atoms with Crippen LogP contribution >= 0.6 is 0 Å². The van der Waals surface area contributed by atoms with Crippen molar-refractivity contribution >= 4 is 24.1 Å². The van der Waals surface area contributed by atoms with Crippen LogP contribution in [0.2, 0.25) is 0 Å². The Morgan fingerprint density at radius 3 is 1.83 bits per heavy atom. The number of carbonyl (C=O) groups is 4. The Bertz CT molecular complexity index is 1050. The van der Waals surface area contributed by atoms with Gasteiger partial charge < -0.3 is 29.8 Å². The van der Waals surface area contributed by atoms with Crippen molar-refractivity contribution in [1.29, 1.82) is 0 Å². The molecule has 1 aromatic carbocycles. The van der Waals surface area contributed by atoms with Crippen molar-refractivity contribution in [3.63, 3.8) is 0 Å². The number of aliphatic carboxylic acids is 1. The minimum Gasteiger partial charge on any atom is -0.480 e. The average molecular weight is 580 g/mol. The van der Waals surface area contributed by atoms with Gasteiger partial charge in [-0.25, -0.2) is 4.79 Å². The highest BCUT2D eigenvalue weighted by atomic mass is 16.7. The number of nitrogens with two attached hydrogens (primary N) is 1. The first-order valence-electron chi connectivity index (χ1n) is 14.1. The van der Waals surface area contributed by atoms with E-state index in [2.05, 4.69) is 0 Å². The van der Waals surface area contributed by atoms with Gasteiger partial charge in [-0.3, -0.25) is 14.4 Å². The first kappa shape index (κ1) is 35.9. The molecular weight excluding hydrogens is 530 g/mol. The maximum absolute atomic E-state index is 12.8. The van der Waals surface area contributed by atoms with E-state index < -0.39 is 48.0 Å². The predicted molar refractivity (Wildman–Crippen MR) is 155 cm³/mol. The van der Waals surface area contributed by atoms with Gasteiger partial charge in [-0.2, -0.15) is 0 Å². The van der Waals surface area contributed by atoms with Gasteiger partial charge in [-0.05, 0) is 48.8 Å². The van der Waals surface area contributed by atoms with Crippen LogP contribution in [0, 0.1) is 16.7 Å². The molecule has 0 spiro atoms. The van der Waals surface area contributed by atoms with E-state index in [9.17, 15) is 24.3 Å². The molecule has 0 amide bonds. The summed E-state index contributed by atoms with van der Waals surface area (Å²) in [5.41, 5.74) is 5.85. The third-order valence-corrected chi connectivity index (χ3v) is 6.40. The van der Waals surface area contributed by atoms with E-state index in [-0.39, 0.29) is 41.3 Å². The highest BCUT2D eigenvalue weighted by Crippen LogP contribution is 2.38. The van der Waals surface area contributed by atoms with E-state index >= 15 is 0 Å². The number of carboxylic acid groups (broad SMARTS) is 1. The molecule has 1 aromatic rings. The van der Waals surface area contributed by atoms with Crippen molar-refractivity contribution in [2.45, 2.75) is 119 Å².